The number of nitrogens with one attached hydrogen (secondary N) is 1. The average Bonchev–Trinajstić information content (AvgIpc) is 2.71. The minimum absolute atomic E-state index is 0.0608. The van der Waals surface area contributed by atoms with Crippen LogP contribution in [0.1, 0.15) is 39.0 Å². The fraction of sp³-hybridized carbons (Fsp3) is 0.450. The van der Waals surface area contributed by atoms with E-state index in [1.54, 1.807) is 0 Å². The van der Waals surface area contributed by atoms with E-state index in [1.165, 1.54) is 7.11 Å². The number of methoxy groups -OCH3 is 1. The van der Waals surface area contributed by atoms with Crippen LogP contribution in [0.4, 0.5) is 4.79 Å². The zero-order valence-electron chi connectivity index (χ0n) is 15.9. The van der Waals surface area contributed by atoms with Gasteiger partial charge in [0.25, 0.3) is 0 Å². The van der Waals surface area contributed by atoms with E-state index in [2.05, 4.69) is 28.3 Å². The largest absolute Gasteiger partial charge is 0.464 e. The number of carbonyl (C=O) groups is 2. The van der Waals surface area contributed by atoms with Gasteiger partial charge in [-0.1, -0.05) is 30.4 Å². The number of hydrogen-bond donors (Lipinski definition) is 2. The third-order valence-electron chi connectivity index (χ3n) is 4.12. The normalized spacial score (nSPS) is 21.1. The van der Waals surface area contributed by atoms with Gasteiger partial charge in [0.1, 0.15) is 12.3 Å². The van der Waals surface area contributed by atoms with Crippen molar-refractivity contribution in [1.29, 1.82) is 5.26 Å². The molecule has 0 saturated heterocycles. The third kappa shape index (κ3) is 8.27. The summed E-state index contributed by atoms with van der Waals surface area (Å²) in [5, 5.41) is 10.9. The van der Waals surface area contributed by atoms with Crippen molar-refractivity contribution < 1.29 is 19.1 Å². The van der Waals surface area contributed by atoms with Crippen molar-refractivity contribution in [2.75, 3.05) is 13.7 Å². The Morgan fingerprint density at radius 2 is 2.11 bits per heavy atom. The highest BCUT2D eigenvalue weighted by Crippen LogP contribution is 2.30. The highest BCUT2D eigenvalue weighted by molar-refractivity contribution is 5.91. The number of rotatable bonds is 4. The number of nitrogens with two attached hydrogens (primary N) is 1. The Kier molecular flexibility index (Phi) is 9.45. The quantitative estimate of drug-likeness (QED) is 0.444. The van der Waals surface area contributed by atoms with E-state index in [4.69, 9.17) is 15.7 Å². The number of nitrogens with zero attached hydrogens (tertiary/aromatic N) is 1. The molecule has 2 rings (SSSR count). The van der Waals surface area contributed by atoms with Crippen molar-refractivity contribution in [2.45, 2.75) is 39.0 Å². The Morgan fingerprint density at radius 1 is 1.33 bits per heavy atom. The summed E-state index contributed by atoms with van der Waals surface area (Å²) in [6.07, 6.45) is 15.3. The maximum absolute atomic E-state index is 11.4. The standard InChI is InChI=1S/C12H16N2O4.C8H11N/c1-17-11(15)10(7-13)14-12(16)18-8-9-5-3-2-4-6-9;1-8(7-9)5-3-2-4-6-8/h3,5-7H,2,4,8,13H2,1H3,(H,14,16);2-3H,4-6H2,1H3/b10-7+;. The summed E-state index contributed by atoms with van der Waals surface area (Å²) in [5.41, 5.74) is 5.89. The Bertz CT molecular complexity index is 686. The fourth-order valence-electron chi connectivity index (χ4n) is 2.41. The van der Waals surface area contributed by atoms with Crippen LogP contribution < -0.4 is 11.1 Å². The van der Waals surface area contributed by atoms with Crippen LogP contribution in [0, 0.1) is 16.7 Å². The maximum atomic E-state index is 11.4. The molecule has 0 aromatic rings. The topological polar surface area (TPSA) is 114 Å². The number of hydrogen-bond acceptors (Lipinski definition) is 6. The van der Waals surface area contributed by atoms with Crippen molar-refractivity contribution in [3.63, 3.8) is 0 Å². The molecule has 0 aromatic carbocycles. The van der Waals surface area contributed by atoms with E-state index in [1.807, 2.05) is 25.2 Å². The van der Waals surface area contributed by atoms with Gasteiger partial charge in [-0.05, 0) is 44.6 Å². The second-order valence-corrected chi connectivity index (χ2v) is 6.42. The molecule has 1 atom stereocenters. The highest BCUT2D eigenvalue weighted by Gasteiger charge is 2.23. The van der Waals surface area contributed by atoms with Crippen LogP contribution in [0.25, 0.3) is 0 Å². The first-order chi connectivity index (χ1) is 12.9. The van der Waals surface area contributed by atoms with Crippen LogP contribution in [-0.2, 0) is 14.3 Å². The van der Waals surface area contributed by atoms with Gasteiger partial charge in [-0.15, -0.1) is 0 Å². The molecule has 3 N–H and O–H groups in total. The van der Waals surface area contributed by atoms with Gasteiger partial charge in [0.15, 0.2) is 0 Å². The fourth-order valence-corrected chi connectivity index (χ4v) is 2.41. The Balaban J connectivity index is 0.000000337. The molecule has 0 saturated carbocycles. The van der Waals surface area contributed by atoms with Crippen LogP contribution in [-0.4, -0.2) is 25.8 Å². The van der Waals surface area contributed by atoms with Gasteiger partial charge in [-0.2, -0.15) is 5.26 Å². The SMILES string of the molecule is CC1(C#N)CC=CCC1.COC(=O)/C(=C\N)NC(=O)OCC1=CCCC=C1. The van der Waals surface area contributed by atoms with E-state index in [-0.39, 0.29) is 17.7 Å². The van der Waals surface area contributed by atoms with Crippen molar-refractivity contribution in [1.82, 2.24) is 5.32 Å². The molecule has 7 heteroatoms. The predicted molar refractivity (Wildman–Crippen MR) is 102 cm³/mol. The summed E-state index contributed by atoms with van der Waals surface area (Å²) in [4.78, 5) is 22.5. The van der Waals surface area contributed by atoms with Crippen LogP contribution in [0.5, 0.6) is 0 Å². The number of carbonyl (C=O) groups excluding carboxylic acids is 2. The van der Waals surface area contributed by atoms with Crippen LogP contribution in [0.2, 0.25) is 0 Å². The highest BCUT2D eigenvalue weighted by atomic mass is 16.6. The van der Waals surface area contributed by atoms with Gasteiger partial charge < -0.3 is 15.2 Å². The molecule has 0 bridgehead atoms. The molecular formula is C20H27N3O4. The van der Waals surface area contributed by atoms with Gasteiger partial charge >= 0.3 is 12.1 Å². The maximum Gasteiger partial charge on any atom is 0.412 e. The minimum atomic E-state index is -0.753. The molecule has 146 valence electrons. The number of allylic oxidation sites excluding steroid dienone is 4. The van der Waals surface area contributed by atoms with Crippen molar-refractivity contribution >= 4 is 12.1 Å². The minimum Gasteiger partial charge on any atom is -0.464 e. The Labute approximate surface area is 160 Å². The van der Waals surface area contributed by atoms with Gasteiger partial charge in [-0.25, -0.2) is 9.59 Å². The molecule has 27 heavy (non-hydrogen) atoms. The molecule has 1 unspecified atom stereocenters. The first kappa shape index (κ1) is 22.0. The lowest BCUT2D eigenvalue weighted by atomic mass is 9.81. The molecule has 0 aliphatic heterocycles. The van der Waals surface area contributed by atoms with Gasteiger partial charge in [0, 0.05) is 6.20 Å². The molecular weight excluding hydrogens is 346 g/mol. The van der Waals surface area contributed by atoms with Gasteiger partial charge in [-0.3, -0.25) is 5.32 Å². The molecule has 0 aromatic heterocycles. The third-order valence-corrected chi connectivity index (χ3v) is 4.12. The summed E-state index contributed by atoms with van der Waals surface area (Å²) in [6, 6.07) is 2.33. The molecule has 2 aliphatic carbocycles. The second kappa shape index (κ2) is 11.6. The van der Waals surface area contributed by atoms with E-state index in [9.17, 15) is 9.59 Å². The predicted octanol–water partition coefficient (Wildman–Crippen LogP) is 3.22. The smallest absolute Gasteiger partial charge is 0.412 e. The molecule has 0 radical (unpaired) electrons. The number of alkyl carbamates (subject to hydrolysis) is 1. The average molecular weight is 373 g/mol. The van der Waals surface area contributed by atoms with Crippen molar-refractivity contribution in [3.05, 3.63) is 47.9 Å². The molecule has 0 spiro atoms. The first-order valence-electron chi connectivity index (χ1n) is 8.80. The molecule has 2 aliphatic rings. The van der Waals surface area contributed by atoms with Crippen LogP contribution >= 0.6 is 0 Å². The van der Waals surface area contributed by atoms with E-state index in [0.717, 1.165) is 43.9 Å². The number of ether oxygens (including phenoxy) is 2. The van der Waals surface area contributed by atoms with Crippen molar-refractivity contribution in [3.8, 4) is 6.07 Å². The lowest BCUT2D eigenvalue weighted by Gasteiger charge is -2.21. The number of amides is 1. The summed E-state index contributed by atoms with van der Waals surface area (Å²) in [6.45, 7) is 2.18. The number of esters is 1. The van der Waals surface area contributed by atoms with E-state index in [0.29, 0.717) is 0 Å². The summed E-state index contributed by atoms with van der Waals surface area (Å²) < 4.78 is 9.35. The van der Waals surface area contributed by atoms with Crippen molar-refractivity contribution in [2.24, 2.45) is 11.1 Å². The van der Waals surface area contributed by atoms with Crippen LogP contribution in [0.3, 0.4) is 0 Å². The molecule has 1 amide bonds. The summed E-state index contributed by atoms with van der Waals surface area (Å²) in [5.74, 6) is -0.730. The Morgan fingerprint density at radius 3 is 2.59 bits per heavy atom. The first-order valence-corrected chi connectivity index (χ1v) is 8.80. The monoisotopic (exact) mass is 373 g/mol. The van der Waals surface area contributed by atoms with Crippen LogP contribution in [0.15, 0.2) is 47.9 Å². The van der Waals surface area contributed by atoms with Gasteiger partial charge in [0.2, 0.25) is 0 Å². The lowest BCUT2D eigenvalue weighted by Crippen LogP contribution is -2.30. The van der Waals surface area contributed by atoms with E-state index >= 15 is 0 Å². The molecule has 0 fully saturated rings. The number of nitriles is 1. The molecule has 7 nitrogen and oxygen atoms in total. The zero-order valence-corrected chi connectivity index (χ0v) is 15.9. The second-order valence-electron chi connectivity index (χ2n) is 6.42. The van der Waals surface area contributed by atoms with E-state index < -0.39 is 12.1 Å². The lowest BCUT2D eigenvalue weighted by molar-refractivity contribution is -0.136. The summed E-state index contributed by atoms with van der Waals surface area (Å²) >= 11 is 0. The zero-order chi connectivity index (χ0) is 20.1. The Hall–Kier alpha value is -3.01. The summed E-state index contributed by atoms with van der Waals surface area (Å²) in [7, 11) is 1.19. The molecule has 0 heterocycles. The van der Waals surface area contributed by atoms with Gasteiger partial charge in [0.05, 0.1) is 18.6 Å².